The number of ether oxygens (including phenoxy) is 1. The molecule has 0 amide bonds. The van der Waals surface area contributed by atoms with E-state index in [-0.39, 0.29) is 17.2 Å². The second-order valence-corrected chi connectivity index (χ2v) is 5.36. The molecule has 0 aliphatic rings. The Bertz CT molecular complexity index is 731. The molecule has 1 N–H and O–H groups in total. The molecule has 2 aromatic rings. The summed E-state index contributed by atoms with van der Waals surface area (Å²) in [4.78, 5) is 31.1. The average Bonchev–Trinajstić information content (AvgIpc) is 2.40. The second kappa shape index (κ2) is 5.35. The largest absolute Gasteiger partial charge is 0.478 e. The quantitative estimate of drug-likeness (QED) is 0.927. The smallest absolute Gasteiger partial charge is 0.339 e. The molecule has 0 fully saturated rings. The predicted octanol–water partition coefficient (Wildman–Crippen LogP) is 1.88. The van der Waals surface area contributed by atoms with E-state index in [1.807, 2.05) is 20.8 Å². The lowest BCUT2D eigenvalue weighted by Gasteiger charge is -2.22. The lowest BCUT2D eigenvalue weighted by atomic mass is 10.1. The van der Waals surface area contributed by atoms with Gasteiger partial charge in [0.2, 0.25) is 0 Å². The molecule has 7 nitrogen and oxygen atoms in total. The first kappa shape index (κ1) is 14.7. The van der Waals surface area contributed by atoms with Crippen LogP contribution in [-0.4, -0.2) is 25.6 Å². The summed E-state index contributed by atoms with van der Waals surface area (Å²) < 4.78 is 6.81. The Kier molecular flexibility index (Phi) is 3.75. The van der Waals surface area contributed by atoms with Gasteiger partial charge in [0.15, 0.2) is 5.75 Å². The highest BCUT2D eigenvalue weighted by molar-refractivity contribution is 5.90. The number of carboxylic acid groups (broad SMARTS) is 1. The Labute approximate surface area is 120 Å². The number of pyridine rings is 1. The fourth-order valence-electron chi connectivity index (χ4n) is 1.73. The summed E-state index contributed by atoms with van der Waals surface area (Å²) in [6, 6.07) is 1.29. The van der Waals surface area contributed by atoms with Crippen molar-refractivity contribution in [2.45, 2.75) is 26.3 Å². The van der Waals surface area contributed by atoms with E-state index >= 15 is 0 Å². The molecule has 0 saturated carbocycles. The Morgan fingerprint density at radius 1 is 1.33 bits per heavy atom. The molecule has 0 spiro atoms. The average molecular weight is 289 g/mol. The Morgan fingerprint density at radius 2 is 2.05 bits per heavy atom. The highest BCUT2D eigenvalue weighted by Gasteiger charge is 2.19. The van der Waals surface area contributed by atoms with Crippen molar-refractivity contribution in [3.05, 3.63) is 46.8 Å². The van der Waals surface area contributed by atoms with Gasteiger partial charge >= 0.3 is 11.5 Å². The van der Waals surface area contributed by atoms with Gasteiger partial charge in [-0.3, -0.25) is 9.78 Å². The first-order valence-corrected chi connectivity index (χ1v) is 6.24. The highest BCUT2D eigenvalue weighted by Crippen LogP contribution is 2.21. The van der Waals surface area contributed by atoms with E-state index in [1.54, 1.807) is 6.20 Å². The van der Waals surface area contributed by atoms with Gasteiger partial charge < -0.3 is 14.4 Å². The van der Waals surface area contributed by atoms with Crippen LogP contribution in [0.3, 0.4) is 0 Å². The minimum absolute atomic E-state index is 0.0266. The number of carboxylic acids is 1. The number of hydrogen-bond donors (Lipinski definition) is 1. The van der Waals surface area contributed by atoms with Crippen LogP contribution in [-0.2, 0) is 5.54 Å². The first-order valence-electron chi connectivity index (χ1n) is 6.24. The summed E-state index contributed by atoms with van der Waals surface area (Å²) in [5, 5.41) is 9.09. The van der Waals surface area contributed by atoms with E-state index in [1.165, 1.54) is 29.2 Å². The van der Waals surface area contributed by atoms with Gasteiger partial charge in [0, 0.05) is 24.1 Å². The maximum Gasteiger partial charge on any atom is 0.339 e. The molecule has 0 atom stereocenters. The maximum absolute atomic E-state index is 12.3. The second-order valence-electron chi connectivity index (χ2n) is 5.36. The van der Waals surface area contributed by atoms with Crippen molar-refractivity contribution in [3.8, 4) is 11.6 Å². The molecule has 7 heteroatoms. The van der Waals surface area contributed by atoms with Crippen molar-refractivity contribution >= 4 is 5.97 Å². The van der Waals surface area contributed by atoms with Crippen LogP contribution in [0.15, 0.2) is 35.6 Å². The summed E-state index contributed by atoms with van der Waals surface area (Å²) in [5.74, 6) is -1.39. The van der Waals surface area contributed by atoms with Gasteiger partial charge in [-0.15, -0.1) is 0 Å². The maximum atomic E-state index is 12.3. The van der Waals surface area contributed by atoms with Crippen molar-refractivity contribution in [1.29, 1.82) is 0 Å². The number of hydrogen-bond acceptors (Lipinski definition) is 5. The van der Waals surface area contributed by atoms with Gasteiger partial charge in [-0.05, 0) is 26.8 Å². The third kappa shape index (κ3) is 3.07. The van der Waals surface area contributed by atoms with Gasteiger partial charge in [0.25, 0.3) is 5.88 Å². The van der Waals surface area contributed by atoms with Crippen LogP contribution in [0.1, 0.15) is 31.1 Å². The third-order valence-corrected chi connectivity index (χ3v) is 2.75. The number of rotatable bonds is 3. The predicted molar refractivity (Wildman–Crippen MR) is 74.8 cm³/mol. The van der Waals surface area contributed by atoms with E-state index in [4.69, 9.17) is 9.84 Å². The normalized spacial score (nSPS) is 11.2. The molecule has 2 rings (SSSR count). The fraction of sp³-hybridized carbons (Fsp3) is 0.286. The fourth-order valence-corrected chi connectivity index (χ4v) is 1.73. The lowest BCUT2D eigenvalue weighted by molar-refractivity contribution is 0.0694. The molecule has 0 bridgehead atoms. The first-order chi connectivity index (χ1) is 9.80. The summed E-state index contributed by atoms with van der Waals surface area (Å²) >= 11 is 0. The number of aromatic nitrogens is 3. The van der Waals surface area contributed by atoms with E-state index in [2.05, 4.69) is 9.97 Å². The molecule has 0 unspecified atom stereocenters. The van der Waals surface area contributed by atoms with Crippen molar-refractivity contribution < 1.29 is 14.6 Å². The molecule has 0 aromatic carbocycles. The molecular weight excluding hydrogens is 274 g/mol. The Hall–Kier alpha value is -2.70. The van der Waals surface area contributed by atoms with Crippen molar-refractivity contribution in [3.63, 3.8) is 0 Å². The highest BCUT2D eigenvalue weighted by atomic mass is 16.5. The van der Waals surface area contributed by atoms with E-state index in [0.717, 1.165) is 0 Å². The van der Waals surface area contributed by atoms with E-state index in [9.17, 15) is 9.59 Å². The summed E-state index contributed by atoms with van der Waals surface area (Å²) in [7, 11) is 0. The van der Waals surface area contributed by atoms with Crippen molar-refractivity contribution in [2.75, 3.05) is 0 Å². The third-order valence-electron chi connectivity index (χ3n) is 2.75. The van der Waals surface area contributed by atoms with Gasteiger partial charge in [-0.2, -0.15) is 0 Å². The molecule has 0 radical (unpaired) electrons. The molecule has 110 valence electrons. The minimum Gasteiger partial charge on any atom is -0.478 e. The van der Waals surface area contributed by atoms with Crippen LogP contribution >= 0.6 is 0 Å². The zero-order valence-electron chi connectivity index (χ0n) is 11.9. The topological polar surface area (TPSA) is 94.3 Å². The van der Waals surface area contributed by atoms with Crippen LogP contribution in [0, 0.1) is 0 Å². The van der Waals surface area contributed by atoms with Crippen LogP contribution in [0.4, 0.5) is 0 Å². The van der Waals surface area contributed by atoms with Crippen molar-refractivity contribution in [1.82, 2.24) is 14.5 Å². The Balaban J connectivity index is 2.47. The monoisotopic (exact) mass is 289 g/mol. The minimum atomic E-state index is -1.17. The zero-order chi connectivity index (χ0) is 15.6. The SMILES string of the molecule is CC(C)(C)n1ccnc(Oc2cnccc2C(=O)O)c1=O. The van der Waals surface area contributed by atoms with E-state index < -0.39 is 17.1 Å². The molecule has 0 aliphatic heterocycles. The van der Waals surface area contributed by atoms with Crippen LogP contribution in [0.25, 0.3) is 0 Å². The van der Waals surface area contributed by atoms with Gasteiger partial charge in [0.1, 0.15) is 5.56 Å². The molecule has 21 heavy (non-hydrogen) atoms. The lowest BCUT2D eigenvalue weighted by Crippen LogP contribution is -2.34. The zero-order valence-corrected chi connectivity index (χ0v) is 11.9. The number of nitrogens with zero attached hydrogens (tertiary/aromatic N) is 3. The molecule has 2 aromatic heterocycles. The van der Waals surface area contributed by atoms with Crippen LogP contribution in [0.5, 0.6) is 11.6 Å². The number of carbonyl (C=O) groups is 1. The van der Waals surface area contributed by atoms with Gasteiger partial charge in [-0.25, -0.2) is 9.78 Å². The number of aromatic carboxylic acids is 1. The summed E-state index contributed by atoms with van der Waals surface area (Å²) in [5.41, 5.74) is -0.967. The van der Waals surface area contributed by atoms with Gasteiger partial charge in [0.05, 0.1) is 6.20 Å². The van der Waals surface area contributed by atoms with Crippen LogP contribution in [0.2, 0.25) is 0 Å². The van der Waals surface area contributed by atoms with Crippen LogP contribution < -0.4 is 10.3 Å². The molecular formula is C14H15N3O4. The Morgan fingerprint density at radius 3 is 2.67 bits per heavy atom. The summed E-state index contributed by atoms with van der Waals surface area (Å²) in [6.07, 6.45) is 5.55. The molecule has 0 saturated heterocycles. The molecule has 2 heterocycles. The molecule has 0 aliphatic carbocycles. The van der Waals surface area contributed by atoms with E-state index in [0.29, 0.717) is 0 Å². The van der Waals surface area contributed by atoms with Gasteiger partial charge in [-0.1, -0.05) is 0 Å². The van der Waals surface area contributed by atoms with Crippen molar-refractivity contribution in [2.24, 2.45) is 0 Å². The standard InChI is InChI=1S/C14H15N3O4/c1-14(2,3)17-7-6-16-11(12(17)18)21-10-8-15-5-4-9(10)13(19)20/h4-8H,1-3H3,(H,19,20). The summed E-state index contributed by atoms with van der Waals surface area (Å²) in [6.45, 7) is 5.60.